The largest absolute Gasteiger partial charge is 0.489 e. The van der Waals surface area contributed by atoms with Crippen LogP contribution < -0.4 is 20.1 Å². The lowest BCUT2D eigenvalue weighted by Crippen LogP contribution is -2.53. The average Bonchev–Trinajstić information content (AvgIpc) is 2.73. The van der Waals surface area contributed by atoms with Crippen LogP contribution in [0.25, 0.3) is 0 Å². The molecule has 0 unspecified atom stereocenters. The van der Waals surface area contributed by atoms with Gasteiger partial charge in [-0.2, -0.15) is 0 Å². The van der Waals surface area contributed by atoms with E-state index in [0.717, 1.165) is 0 Å². The Labute approximate surface area is 165 Å². The fraction of sp³-hybridized carbons (Fsp3) is 0.600. The van der Waals surface area contributed by atoms with Gasteiger partial charge in [-0.05, 0) is 45.7 Å². The van der Waals surface area contributed by atoms with E-state index in [4.69, 9.17) is 15.2 Å². The van der Waals surface area contributed by atoms with E-state index in [-0.39, 0.29) is 18.4 Å². The molecule has 0 spiro atoms. The van der Waals surface area contributed by atoms with E-state index in [1.165, 1.54) is 4.90 Å². The first-order valence-electron chi connectivity index (χ1n) is 9.51. The third-order valence-corrected chi connectivity index (χ3v) is 5.37. The predicted octanol–water partition coefficient (Wildman–Crippen LogP) is 0.900. The van der Waals surface area contributed by atoms with Crippen molar-refractivity contribution in [2.24, 2.45) is 5.73 Å². The zero-order chi connectivity index (χ0) is 20.7. The molecular weight excluding hydrogens is 362 g/mol. The molecule has 2 aliphatic heterocycles. The maximum absolute atomic E-state index is 13.0. The Morgan fingerprint density at radius 3 is 2.64 bits per heavy atom. The second kappa shape index (κ2) is 7.25. The number of benzene rings is 1. The molecule has 154 valence electrons. The van der Waals surface area contributed by atoms with Crippen molar-refractivity contribution in [2.75, 3.05) is 31.6 Å². The summed E-state index contributed by atoms with van der Waals surface area (Å²) in [6, 6.07) is 4.38. The first-order chi connectivity index (χ1) is 13.0. The first-order valence-corrected chi connectivity index (χ1v) is 9.51. The molecule has 3 N–H and O–H groups in total. The van der Waals surface area contributed by atoms with Crippen molar-refractivity contribution in [2.45, 2.75) is 50.9 Å². The van der Waals surface area contributed by atoms with Crippen LogP contribution in [0.2, 0.25) is 0 Å². The van der Waals surface area contributed by atoms with E-state index in [1.807, 2.05) is 0 Å². The van der Waals surface area contributed by atoms with Crippen LogP contribution in [0.15, 0.2) is 18.2 Å². The maximum atomic E-state index is 13.0. The summed E-state index contributed by atoms with van der Waals surface area (Å²) in [6.45, 7) is 6.32. The van der Waals surface area contributed by atoms with Crippen LogP contribution >= 0.6 is 0 Å². The lowest BCUT2D eigenvalue weighted by Gasteiger charge is -2.39. The summed E-state index contributed by atoms with van der Waals surface area (Å²) in [5, 5.41) is 10.1. The molecule has 0 aliphatic carbocycles. The van der Waals surface area contributed by atoms with Crippen molar-refractivity contribution in [3.05, 3.63) is 18.2 Å². The zero-order valence-corrected chi connectivity index (χ0v) is 16.9. The molecule has 2 amide bonds. The lowest BCUT2D eigenvalue weighted by atomic mass is 9.92. The summed E-state index contributed by atoms with van der Waals surface area (Å²) in [7, 11) is 1.63. The number of hydrogen-bond acceptors (Lipinski definition) is 6. The van der Waals surface area contributed by atoms with Crippen LogP contribution in [0, 0.1) is 0 Å². The number of likely N-dealkylation sites (tertiary alicyclic amines) is 1. The Hall–Kier alpha value is -2.32. The zero-order valence-electron chi connectivity index (χ0n) is 16.9. The van der Waals surface area contributed by atoms with Crippen molar-refractivity contribution in [1.82, 2.24) is 4.90 Å². The SMILES string of the molecule is CN1C(=O)[C@@H](N)COc2ccc(OC(C)(C)C(=O)N3CCC(C)(O)CC3)cc21. The monoisotopic (exact) mass is 391 g/mol. The Morgan fingerprint density at radius 2 is 2.00 bits per heavy atom. The molecule has 3 rings (SSSR count). The van der Waals surface area contributed by atoms with E-state index in [0.29, 0.717) is 43.1 Å². The van der Waals surface area contributed by atoms with Crippen LogP contribution in [-0.4, -0.2) is 65.8 Å². The van der Waals surface area contributed by atoms with Gasteiger partial charge in [0.2, 0.25) is 5.91 Å². The minimum atomic E-state index is -1.10. The highest BCUT2D eigenvalue weighted by atomic mass is 16.5. The van der Waals surface area contributed by atoms with Gasteiger partial charge in [0.15, 0.2) is 5.60 Å². The average molecular weight is 391 g/mol. The minimum Gasteiger partial charge on any atom is -0.489 e. The number of likely N-dealkylation sites (N-methyl/N-ethyl adjacent to an activating group) is 1. The minimum absolute atomic E-state index is 0.110. The highest BCUT2D eigenvalue weighted by Gasteiger charge is 2.38. The van der Waals surface area contributed by atoms with Gasteiger partial charge in [0.1, 0.15) is 24.1 Å². The number of rotatable bonds is 3. The molecule has 0 aromatic heterocycles. The molecule has 8 heteroatoms. The van der Waals surface area contributed by atoms with Crippen LogP contribution in [-0.2, 0) is 9.59 Å². The van der Waals surface area contributed by atoms with E-state index in [2.05, 4.69) is 0 Å². The van der Waals surface area contributed by atoms with Crippen molar-refractivity contribution in [3.8, 4) is 11.5 Å². The van der Waals surface area contributed by atoms with Gasteiger partial charge in [-0.3, -0.25) is 9.59 Å². The van der Waals surface area contributed by atoms with Gasteiger partial charge in [0.25, 0.3) is 5.91 Å². The normalized spacial score (nSPS) is 22.2. The molecule has 1 fully saturated rings. The highest BCUT2D eigenvalue weighted by Crippen LogP contribution is 2.35. The summed E-state index contributed by atoms with van der Waals surface area (Å²) >= 11 is 0. The molecule has 1 saturated heterocycles. The van der Waals surface area contributed by atoms with Crippen LogP contribution in [0.1, 0.15) is 33.6 Å². The second-order valence-corrected chi connectivity index (χ2v) is 8.35. The molecule has 1 aromatic carbocycles. The summed E-state index contributed by atoms with van der Waals surface area (Å²) in [4.78, 5) is 28.4. The summed E-state index contributed by atoms with van der Waals surface area (Å²) < 4.78 is 11.6. The summed E-state index contributed by atoms with van der Waals surface area (Å²) in [6.07, 6.45) is 1.08. The topological polar surface area (TPSA) is 105 Å². The fourth-order valence-corrected chi connectivity index (χ4v) is 3.47. The predicted molar refractivity (Wildman–Crippen MR) is 104 cm³/mol. The fourth-order valence-electron chi connectivity index (χ4n) is 3.47. The number of aliphatic hydroxyl groups is 1. The van der Waals surface area contributed by atoms with Crippen molar-refractivity contribution >= 4 is 17.5 Å². The van der Waals surface area contributed by atoms with E-state index in [9.17, 15) is 14.7 Å². The molecule has 2 aliphatic rings. The third kappa shape index (κ3) is 4.07. The number of ether oxygens (including phenoxy) is 2. The number of carbonyl (C=O) groups is 2. The Kier molecular flexibility index (Phi) is 5.29. The molecule has 2 heterocycles. The van der Waals surface area contributed by atoms with E-state index >= 15 is 0 Å². The third-order valence-electron chi connectivity index (χ3n) is 5.37. The van der Waals surface area contributed by atoms with Gasteiger partial charge in [0, 0.05) is 26.2 Å². The number of anilines is 1. The number of fused-ring (bicyclic) bond motifs is 1. The molecule has 8 nitrogen and oxygen atoms in total. The van der Waals surface area contributed by atoms with Gasteiger partial charge in [-0.25, -0.2) is 0 Å². The maximum Gasteiger partial charge on any atom is 0.266 e. The molecule has 0 saturated carbocycles. The van der Waals surface area contributed by atoms with Gasteiger partial charge in [-0.15, -0.1) is 0 Å². The molecule has 0 bridgehead atoms. The number of nitrogens with two attached hydrogens (primary N) is 1. The quantitative estimate of drug-likeness (QED) is 0.793. The molecule has 0 radical (unpaired) electrons. The van der Waals surface area contributed by atoms with Crippen molar-refractivity contribution in [1.29, 1.82) is 0 Å². The van der Waals surface area contributed by atoms with Gasteiger partial charge in [-0.1, -0.05) is 0 Å². The summed E-state index contributed by atoms with van der Waals surface area (Å²) in [5.41, 5.74) is 4.54. The van der Waals surface area contributed by atoms with Crippen LogP contribution in [0.5, 0.6) is 11.5 Å². The molecular formula is C20H29N3O5. The lowest BCUT2D eigenvalue weighted by molar-refractivity contribution is -0.149. The molecule has 1 atom stereocenters. The standard InChI is InChI=1S/C20H29N3O5/c1-19(2,18(25)23-9-7-20(3,26)8-10-23)28-13-5-6-16-15(11-13)22(4)17(24)14(21)12-27-16/h5-6,11,14,26H,7-10,12,21H2,1-4H3/t14-/m0/s1. The van der Waals surface area contributed by atoms with Crippen LogP contribution in [0.4, 0.5) is 5.69 Å². The first kappa shape index (κ1) is 20.4. The molecule has 28 heavy (non-hydrogen) atoms. The number of hydrogen-bond donors (Lipinski definition) is 2. The highest BCUT2D eigenvalue weighted by molar-refractivity contribution is 5.98. The van der Waals surface area contributed by atoms with Gasteiger partial charge >= 0.3 is 0 Å². The smallest absolute Gasteiger partial charge is 0.266 e. The summed E-state index contributed by atoms with van der Waals surface area (Å²) in [5.74, 6) is 0.616. The van der Waals surface area contributed by atoms with E-state index < -0.39 is 17.2 Å². The Balaban J connectivity index is 1.76. The van der Waals surface area contributed by atoms with Gasteiger partial charge in [0.05, 0.1) is 11.3 Å². The van der Waals surface area contributed by atoms with Crippen molar-refractivity contribution in [3.63, 3.8) is 0 Å². The number of nitrogens with zero attached hydrogens (tertiary/aromatic N) is 2. The Bertz CT molecular complexity index is 767. The molecule has 1 aromatic rings. The number of amides is 2. The number of piperidine rings is 1. The second-order valence-electron chi connectivity index (χ2n) is 8.35. The van der Waals surface area contributed by atoms with Crippen LogP contribution in [0.3, 0.4) is 0 Å². The van der Waals surface area contributed by atoms with Crippen molar-refractivity contribution < 1.29 is 24.2 Å². The number of carbonyl (C=O) groups excluding carboxylic acids is 2. The van der Waals surface area contributed by atoms with E-state index in [1.54, 1.807) is 50.9 Å². The van der Waals surface area contributed by atoms with Gasteiger partial charge < -0.3 is 30.1 Å². The Morgan fingerprint density at radius 1 is 1.36 bits per heavy atom.